The molecule has 19 heavy (non-hydrogen) atoms. The molecular formula is C11H15BrN2O3S2. The zero-order chi connectivity index (χ0) is 14.0. The normalized spacial score (nSPS) is 20.6. The van der Waals surface area contributed by atoms with Crippen molar-refractivity contribution in [2.24, 2.45) is 0 Å². The Hall–Kier alpha value is -0.440. The fourth-order valence-electron chi connectivity index (χ4n) is 2.13. The maximum atomic E-state index is 12.5. The van der Waals surface area contributed by atoms with Crippen molar-refractivity contribution in [1.82, 2.24) is 9.62 Å². The molecule has 1 amide bonds. The van der Waals surface area contributed by atoms with Crippen LogP contribution in [-0.4, -0.2) is 37.8 Å². The summed E-state index contributed by atoms with van der Waals surface area (Å²) >= 11 is 4.42. The van der Waals surface area contributed by atoms with E-state index in [2.05, 4.69) is 21.2 Å². The van der Waals surface area contributed by atoms with E-state index in [1.807, 2.05) is 6.92 Å². The topological polar surface area (TPSA) is 66.5 Å². The minimum Gasteiger partial charge on any atom is -0.355 e. The number of nitrogens with zero attached hydrogens (tertiary/aromatic N) is 1. The summed E-state index contributed by atoms with van der Waals surface area (Å²) in [6.45, 7) is 2.73. The van der Waals surface area contributed by atoms with Crippen LogP contribution in [0.25, 0.3) is 0 Å². The van der Waals surface area contributed by atoms with Gasteiger partial charge in [-0.25, -0.2) is 8.42 Å². The molecule has 0 aromatic carbocycles. The van der Waals surface area contributed by atoms with Crippen LogP contribution in [0.4, 0.5) is 0 Å². The Labute approximate surface area is 125 Å². The lowest BCUT2D eigenvalue weighted by molar-refractivity contribution is -0.124. The molecule has 1 saturated heterocycles. The number of hydrogen-bond acceptors (Lipinski definition) is 4. The third-order valence-corrected chi connectivity index (χ3v) is 6.97. The van der Waals surface area contributed by atoms with Crippen molar-refractivity contribution < 1.29 is 13.2 Å². The lowest BCUT2D eigenvalue weighted by atomic mass is 10.2. The van der Waals surface area contributed by atoms with Crippen molar-refractivity contribution >= 4 is 43.2 Å². The molecule has 1 aliphatic heterocycles. The van der Waals surface area contributed by atoms with Crippen molar-refractivity contribution in [1.29, 1.82) is 0 Å². The first-order valence-electron chi connectivity index (χ1n) is 6.01. The molecule has 0 aliphatic carbocycles. The van der Waals surface area contributed by atoms with Gasteiger partial charge in [0, 0.05) is 13.1 Å². The van der Waals surface area contributed by atoms with Gasteiger partial charge in [0.2, 0.25) is 5.91 Å². The Bertz CT molecular complexity index is 570. The minimum atomic E-state index is -3.57. The number of rotatable bonds is 4. The average molecular weight is 367 g/mol. The number of halogens is 1. The molecule has 0 radical (unpaired) electrons. The quantitative estimate of drug-likeness (QED) is 0.883. The van der Waals surface area contributed by atoms with Gasteiger partial charge in [0.05, 0.1) is 3.79 Å². The number of carbonyl (C=O) groups excluding carboxylic acids is 1. The average Bonchev–Trinajstić information content (AvgIpc) is 2.97. The monoisotopic (exact) mass is 366 g/mol. The maximum Gasteiger partial charge on any atom is 0.253 e. The summed E-state index contributed by atoms with van der Waals surface area (Å²) in [6, 6.07) is 2.69. The third kappa shape index (κ3) is 3.01. The van der Waals surface area contributed by atoms with E-state index in [1.54, 1.807) is 12.1 Å². The zero-order valence-corrected chi connectivity index (χ0v) is 13.6. The molecule has 1 fully saturated rings. The van der Waals surface area contributed by atoms with Crippen molar-refractivity contribution in [2.75, 3.05) is 13.1 Å². The van der Waals surface area contributed by atoms with Crippen LogP contribution in [0.1, 0.15) is 19.8 Å². The number of thiophene rings is 1. The summed E-state index contributed by atoms with van der Waals surface area (Å²) in [7, 11) is -3.57. The first-order chi connectivity index (χ1) is 8.96. The fraction of sp³-hybridized carbons (Fsp3) is 0.545. The highest BCUT2D eigenvalue weighted by molar-refractivity contribution is 9.11. The summed E-state index contributed by atoms with van der Waals surface area (Å²) in [4.78, 5) is 11.9. The molecule has 0 saturated carbocycles. The number of carbonyl (C=O) groups is 1. The molecule has 2 rings (SSSR count). The Kier molecular flexibility index (Phi) is 4.65. The highest BCUT2D eigenvalue weighted by Crippen LogP contribution is 2.32. The summed E-state index contributed by atoms with van der Waals surface area (Å²) in [5.74, 6) is -0.209. The molecule has 1 aromatic heterocycles. The number of sulfonamides is 1. The first kappa shape index (κ1) is 15.0. The van der Waals surface area contributed by atoms with E-state index in [0.717, 1.165) is 15.1 Å². The lowest BCUT2D eigenvalue weighted by Crippen LogP contribution is -2.45. The van der Waals surface area contributed by atoms with Crippen LogP contribution in [0.3, 0.4) is 0 Å². The van der Waals surface area contributed by atoms with Gasteiger partial charge >= 0.3 is 0 Å². The van der Waals surface area contributed by atoms with E-state index in [1.165, 1.54) is 4.31 Å². The predicted octanol–water partition coefficient (Wildman–Crippen LogP) is 1.80. The molecule has 1 aromatic rings. The zero-order valence-electron chi connectivity index (χ0n) is 10.4. The largest absolute Gasteiger partial charge is 0.355 e. The highest BCUT2D eigenvalue weighted by Gasteiger charge is 2.39. The molecule has 1 unspecified atom stereocenters. The van der Waals surface area contributed by atoms with Gasteiger partial charge in [-0.2, -0.15) is 4.31 Å². The molecule has 106 valence electrons. The van der Waals surface area contributed by atoms with E-state index >= 15 is 0 Å². The summed E-state index contributed by atoms with van der Waals surface area (Å²) in [5.41, 5.74) is 0. The Morgan fingerprint density at radius 2 is 2.32 bits per heavy atom. The second-order valence-electron chi connectivity index (χ2n) is 4.23. The lowest BCUT2D eigenvalue weighted by Gasteiger charge is -2.22. The molecule has 8 heteroatoms. The van der Waals surface area contributed by atoms with Crippen LogP contribution >= 0.6 is 27.3 Å². The molecule has 1 aliphatic rings. The number of amides is 1. The van der Waals surface area contributed by atoms with Crippen LogP contribution in [-0.2, 0) is 14.8 Å². The van der Waals surface area contributed by atoms with Crippen LogP contribution < -0.4 is 5.32 Å². The highest BCUT2D eigenvalue weighted by atomic mass is 79.9. The van der Waals surface area contributed by atoms with Crippen molar-refractivity contribution in [3.63, 3.8) is 0 Å². The molecular weight excluding hydrogens is 352 g/mol. The van der Waals surface area contributed by atoms with E-state index in [4.69, 9.17) is 0 Å². The van der Waals surface area contributed by atoms with Gasteiger partial charge < -0.3 is 5.32 Å². The number of hydrogen-bond donors (Lipinski definition) is 1. The Morgan fingerprint density at radius 3 is 2.89 bits per heavy atom. The molecule has 0 bridgehead atoms. The molecule has 0 spiro atoms. The van der Waals surface area contributed by atoms with Gasteiger partial charge in [0.25, 0.3) is 10.0 Å². The SMILES string of the molecule is CCNC(=O)C1CCCN1S(=O)(=O)c1ccc(Br)s1. The summed E-state index contributed by atoms with van der Waals surface area (Å²) < 4.78 is 27.4. The molecule has 1 atom stereocenters. The first-order valence-corrected chi connectivity index (χ1v) is 9.06. The number of likely N-dealkylation sites (N-methyl/N-ethyl adjacent to an activating group) is 1. The van der Waals surface area contributed by atoms with Crippen LogP contribution in [0.5, 0.6) is 0 Å². The molecule has 2 heterocycles. The van der Waals surface area contributed by atoms with Crippen molar-refractivity contribution in [2.45, 2.75) is 30.0 Å². The summed E-state index contributed by atoms with van der Waals surface area (Å²) in [5, 5.41) is 2.70. The van der Waals surface area contributed by atoms with Gasteiger partial charge in [0.15, 0.2) is 0 Å². The molecule has 5 nitrogen and oxygen atoms in total. The van der Waals surface area contributed by atoms with E-state index in [9.17, 15) is 13.2 Å². The second kappa shape index (κ2) is 5.90. The third-order valence-electron chi connectivity index (χ3n) is 2.97. The van der Waals surface area contributed by atoms with E-state index in [0.29, 0.717) is 25.9 Å². The second-order valence-corrected chi connectivity index (χ2v) is 8.81. The fourth-order valence-corrected chi connectivity index (χ4v) is 5.93. The van der Waals surface area contributed by atoms with Gasteiger partial charge in [-0.05, 0) is 47.8 Å². The summed E-state index contributed by atoms with van der Waals surface area (Å²) in [6.07, 6.45) is 1.30. The van der Waals surface area contributed by atoms with Gasteiger partial charge in [-0.15, -0.1) is 11.3 Å². The van der Waals surface area contributed by atoms with Gasteiger partial charge in [-0.3, -0.25) is 4.79 Å². The van der Waals surface area contributed by atoms with E-state index < -0.39 is 16.1 Å². The van der Waals surface area contributed by atoms with Crippen LogP contribution in [0.15, 0.2) is 20.1 Å². The van der Waals surface area contributed by atoms with Crippen molar-refractivity contribution in [3.8, 4) is 0 Å². The van der Waals surface area contributed by atoms with Crippen LogP contribution in [0, 0.1) is 0 Å². The number of nitrogens with one attached hydrogen (secondary N) is 1. The van der Waals surface area contributed by atoms with Gasteiger partial charge in [0.1, 0.15) is 10.3 Å². The smallest absolute Gasteiger partial charge is 0.253 e. The Morgan fingerprint density at radius 1 is 1.58 bits per heavy atom. The maximum absolute atomic E-state index is 12.5. The minimum absolute atomic E-state index is 0.209. The van der Waals surface area contributed by atoms with Gasteiger partial charge in [-0.1, -0.05) is 0 Å². The van der Waals surface area contributed by atoms with E-state index in [-0.39, 0.29) is 10.1 Å². The Balaban J connectivity index is 2.27. The standard InChI is InChI=1S/C11H15BrN2O3S2/c1-2-13-11(15)8-4-3-7-14(8)19(16,17)10-6-5-9(12)18-10/h5-6,8H,2-4,7H2,1H3,(H,13,15). The molecule has 1 N–H and O–H groups in total. The van der Waals surface area contributed by atoms with Crippen LogP contribution in [0.2, 0.25) is 0 Å². The predicted molar refractivity (Wildman–Crippen MR) is 77.6 cm³/mol. The van der Waals surface area contributed by atoms with Crippen molar-refractivity contribution in [3.05, 3.63) is 15.9 Å².